The van der Waals surface area contributed by atoms with Gasteiger partial charge in [0.1, 0.15) is 0 Å². The summed E-state index contributed by atoms with van der Waals surface area (Å²) in [7, 11) is -1.27. The van der Waals surface area contributed by atoms with Gasteiger partial charge in [-0.2, -0.15) is 0 Å². The van der Waals surface area contributed by atoms with Crippen LogP contribution in [0.5, 0.6) is 0 Å². The number of hydrogen-bond donors (Lipinski definition) is 0. The molecule has 0 atom stereocenters. The van der Waals surface area contributed by atoms with Crippen molar-refractivity contribution in [3.8, 4) is 0 Å². The van der Waals surface area contributed by atoms with E-state index in [1.165, 1.54) is 55.3 Å². The Bertz CT molecular complexity index is 557. The molecule has 0 aromatic heterocycles. The summed E-state index contributed by atoms with van der Waals surface area (Å²) in [5.41, 5.74) is 0. The van der Waals surface area contributed by atoms with E-state index in [-0.39, 0.29) is 0 Å². The average Bonchev–Trinajstić information content (AvgIpc) is 2.50. The van der Waals surface area contributed by atoms with Crippen LogP contribution in [0.2, 0.25) is 19.1 Å². The van der Waals surface area contributed by atoms with E-state index in [4.69, 9.17) is 0 Å². The van der Waals surface area contributed by atoms with Crippen molar-refractivity contribution in [3.63, 3.8) is 0 Å². The first-order valence-electron chi connectivity index (χ1n) is 8.63. The third kappa shape index (κ3) is 4.71. The summed E-state index contributed by atoms with van der Waals surface area (Å²) in [5, 5.41) is 4.39. The largest absolute Gasteiger partial charge is 0.0806 e. The molecule has 0 radical (unpaired) electrons. The second kappa shape index (κ2) is 7.79. The van der Waals surface area contributed by atoms with Crippen molar-refractivity contribution >= 4 is 24.0 Å². The maximum absolute atomic E-state index is 2.53. The second-order valence-corrected chi connectivity index (χ2v) is 11.8. The molecular weight excluding hydrogens is 268 g/mol. The monoisotopic (exact) mass is 298 g/mol. The molecule has 1 heteroatoms. The van der Waals surface area contributed by atoms with Crippen molar-refractivity contribution in [1.29, 1.82) is 0 Å². The van der Waals surface area contributed by atoms with Gasteiger partial charge in [0.15, 0.2) is 0 Å². The van der Waals surface area contributed by atoms with Crippen LogP contribution in [0.4, 0.5) is 0 Å². The first kappa shape index (κ1) is 16.3. The lowest BCUT2D eigenvalue weighted by atomic mass is 10.1. The highest BCUT2D eigenvalue weighted by atomic mass is 28.3. The van der Waals surface area contributed by atoms with Crippen LogP contribution in [-0.2, 0) is 0 Å². The zero-order valence-electron chi connectivity index (χ0n) is 14.0. The molecule has 2 aromatic carbocycles. The predicted molar refractivity (Wildman–Crippen MR) is 99.2 cm³/mol. The molecule has 114 valence electrons. The molecule has 0 saturated heterocycles. The smallest absolute Gasteiger partial charge is 0.0654 e. The predicted octanol–water partition coefficient (Wildman–Crippen LogP) is 6.12. The lowest BCUT2D eigenvalue weighted by Gasteiger charge is -2.23. The highest BCUT2D eigenvalue weighted by Crippen LogP contribution is 2.19. The van der Waals surface area contributed by atoms with Crippen molar-refractivity contribution < 1.29 is 0 Å². The topological polar surface area (TPSA) is 0 Å². The molecule has 0 N–H and O–H groups in total. The standard InChI is InChI=1S/C20H30Si/c1-4-5-6-7-8-11-16-21(2,3)20-15-14-18-12-9-10-13-19(18)17-20/h9-10,12-15,17H,4-8,11,16H2,1-3H3. The molecule has 0 aliphatic rings. The molecule has 0 aliphatic carbocycles. The van der Waals surface area contributed by atoms with Gasteiger partial charge in [-0.15, -0.1) is 0 Å². The van der Waals surface area contributed by atoms with E-state index >= 15 is 0 Å². The Morgan fingerprint density at radius 3 is 2.19 bits per heavy atom. The number of hydrogen-bond acceptors (Lipinski definition) is 0. The third-order valence-corrected chi connectivity index (χ3v) is 8.16. The van der Waals surface area contributed by atoms with E-state index in [0.29, 0.717) is 0 Å². The molecule has 0 aliphatic heterocycles. The van der Waals surface area contributed by atoms with E-state index in [1.54, 1.807) is 5.19 Å². The summed E-state index contributed by atoms with van der Waals surface area (Å²) < 4.78 is 0. The molecule has 0 saturated carbocycles. The normalized spacial score (nSPS) is 12.0. The van der Waals surface area contributed by atoms with E-state index in [9.17, 15) is 0 Å². The zero-order valence-corrected chi connectivity index (χ0v) is 15.0. The van der Waals surface area contributed by atoms with Gasteiger partial charge in [-0.25, -0.2) is 0 Å². The van der Waals surface area contributed by atoms with E-state index in [2.05, 4.69) is 62.5 Å². The molecule has 2 rings (SSSR count). The van der Waals surface area contributed by atoms with Gasteiger partial charge in [0.2, 0.25) is 0 Å². The van der Waals surface area contributed by atoms with E-state index in [1.807, 2.05) is 0 Å². The number of benzene rings is 2. The van der Waals surface area contributed by atoms with Crippen LogP contribution in [-0.4, -0.2) is 8.07 Å². The lowest BCUT2D eigenvalue weighted by molar-refractivity contribution is 0.623. The minimum Gasteiger partial charge on any atom is -0.0654 e. The Hall–Kier alpha value is -1.08. The molecule has 0 bridgehead atoms. The Balaban J connectivity index is 1.93. The number of rotatable bonds is 8. The highest BCUT2D eigenvalue weighted by Gasteiger charge is 2.22. The lowest BCUT2D eigenvalue weighted by Crippen LogP contribution is -2.40. The quantitative estimate of drug-likeness (QED) is 0.407. The Morgan fingerprint density at radius 1 is 0.762 bits per heavy atom. The molecule has 0 unspecified atom stereocenters. The van der Waals surface area contributed by atoms with E-state index < -0.39 is 8.07 Å². The highest BCUT2D eigenvalue weighted by molar-refractivity contribution is 6.89. The molecule has 0 heterocycles. The zero-order chi connectivity index (χ0) is 15.1. The maximum Gasteiger partial charge on any atom is 0.0806 e. The Morgan fingerprint density at radius 2 is 1.43 bits per heavy atom. The molecule has 21 heavy (non-hydrogen) atoms. The van der Waals surface area contributed by atoms with Crippen molar-refractivity contribution in [2.45, 2.75) is 64.6 Å². The van der Waals surface area contributed by atoms with Gasteiger partial charge in [0, 0.05) is 0 Å². The minimum atomic E-state index is -1.27. The Kier molecular flexibility index (Phi) is 6.04. The van der Waals surface area contributed by atoms with E-state index in [0.717, 1.165) is 0 Å². The van der Waals surface area contributed by atoms with Gasteiger partial charge >= 0.3 is 0 Å². The summed E-state index contributed by atoms with van der Waals surface area (Å²) in [6.07, 6.45) is 8.44. The van der Waals surface area contributed by atoms with Gasteiger partial charge in [-0.1, -0.05) is 112 Å². The van der Waals surface area contributed by atoms with Gasteiger partial charge in [0.05, 0.1) is 8.07 Å². The van der Waals surface area contributed by atoms with Crippen molar-refractivity contribution in [2.24, 2.45) is 0 Å². The first-order valence-corrected chi connectivity index (χ1v) is 11.8. The summed E-state index contributed by atoms with van der Waals surface area (Å²) in [6, 6.07) is 17.3. The van der Waals surface area contributed by atoms with Crippen LogP contribution in [0.15, 0.2) is 42.5 Å². The number of unbranched alkanes of at least 4 members (excludes halogenated alkanes) is 5. The molecule has 2 aromatic rings. The molecule has 0 nitrogen and oxygen atoms in total. The van der Waals surface area contributed by atoms with Gasteiger partial charge in [0.25, 0.3) is 0 Å². The van der Waals surface area contributed by atoms with Gasteiger partial charge in [-0.3, -0.25) is 0 Å². The first-order chi connectivity index (χ1) is 10.1. The minimum absolute atomic E-state index is 1.27. The van der Waals surface area contributed by atoms with Crippen LogP contribution in [0.1, 0.15) is 45.4 Å². The molecular formula is C20H30Si. The van der Waals surface area contributed by atoms with Crippen molar-refractivity contribution in [1.82, 2.24) is 0 Å². The van der Waals surface area contributed by atoms with Crippen LogP contribution in [0, 0.1) is 0 Å². The summed E-state index contributed by atoms with van der Waals surface area (Å²) in [4.78, 5) is 0. The molecule has 0 spiro atoms. The van der Waals surface area contributed by atoms with Crippen LogP contribution in [0.3, 0.4) is 0 Å². The van der Waals surface area contributed by atoms with Gasteiger partial charge in [-0.05, 0) is 10.8 Å². The van der Waals surface area contributed by atoms with Crippen molar-refractivity contribution in [2.75, 3.05) is 0 Å². The second-order valence-electron chi connectivity index (χ2n) is 6.96. The average molecular weight is 299 g/mol. The van der Waals surface area contributed by atoms with Crippen LogP contribution >= 0.6 is 0 Å². The fourth-order valence-corrected chi connectivity index (χ4v) is 5.61. The molecule has 0 fully saturated rings. The molecule has 0 amide bonds. The summed E-state index contributed by atoms with van der Waals surface area (Å²) in [5.74, 6) is 0. The van der Waals surface area contributed by atoms with Gasteiger partial charge < -0.3 is 0 Å². The summed E-state index contributed by atoms with van der Waals surface area (Å²) >= 11 is 0. The number of fused-ring (bicyclic) bond motifs is 1. The third-order valence-electron chi connectivity index (χ3n) is 4.69. The SMILES string of the molecule is CCCCCCCC[Si](C)(C)c1ccc2ccccc2c1. The Labute approximate surface area is 131 Å². The summed E-state index contributed by atoms with van der Waals surface area (Å²) in [6.45, 7) is 7.35. The van der Waals surface area contributed by atoms with Crippen LogP contribution < -0.4 is 5.19 Å². The fourth-order valence-electron chi connectivity index (χ4n) is 3.10. The fraction of sp³-hybridized carbons (Fsp3) is 0.500. The van der Waals surface area contributed by atoms with Crippen molar-refractivity contribution in [3.05, 3.63) is 42.5 Å². The maximum atomic E-state index is 2.53. The van der Waals surface area contributed by atoms with Crippen LogP contribution in [0.25, 0.3) is 10.8 Å².